The minimum atomic E-state index is -0.211. The van der Waals surface area contributed by atoms with Crippen LogP contribution in [0, 0.1) is 6.92 Å². The van der Waals surface area contributed by atoms with Crippen molar-refractivity contribution in [2.75, 3.05) is 17.2 Å². The third-order valence-corrected chi connectivity index (χ3v) is 3.53. The highest BCUT2D eigenvalue weighted by Gasteiger charge is 2.12. The third-order valence-electron chi connectivity index (χ3n) is 2.70. The smallest absolute Gasteiger partial charge is 0.259 e. The Kier molecular flexibility index (Phi) is 4.68. The van der Waals surface area contributed by atoms with Crippen LogP contribution < -0.4 is 10.6 Å². The fourth-order valence-corrected chi connectivity index (χ4v) is 1.94. The maximum Gasteiger partial charge on any atom is 0.259 e. The van der Waals surface area contributed by atoms with Gasteiger partial charge in [-0.05, 0) is 48.0 Å². The second-order valence-electron chi connectivity index (χ2n) is 4.17. The van der Waals surface area contributed by atoms with Gasteiger partial charge in [-0.1, -0.05) is 0 Å². The van der Waals surface area contributed by atoms with Crippen molar-refractivity contribution in [2.45, 2.75) is 13.8 Å². The van der Waals surface area contributed by atoms with Crippen molar-refractivity contribution in [1.29, 1.82) is 0 Å². The molecule has 0 aromatic carbocycles. The van der Waals surface area contributed by atoms with E-state index in [4.69, 9.17) is 0 Å². The molecule has 2 aromatic heterocycles. The van der Waals surface area contributed by atoms with Gasteiger partial charge in [0.05, 0.1) is 23.1 Å². The van der Waals surface area contributed by atoms with Crippen molar-refractivity contribution >= 4 is 33.3 Å². The predicted molar refractivity (Wildman–Crippen MR) is 83.0 cm³/mol. The zero-order chi connectivity index (χ0) is 14.5. The summed E-state index contributed by atoms with van der Waals surface area (Å²) in [6.07, 6.45) is 3.23. The molecule has 0 saturated heterocycles. The van der Waals surface area contributed by atoms with Crippen LogP contribution in [0.2, 0.25) is 0 Å². The van der Waals surface area contributed by atoms with E-state index in [1.165, 1.54) is 0 Å². The van der Waals surface area contributed by atoms with Crippen LogP contribution in [0.4, 0.5) is 11.5 Å². The van der Waals surface area contributed by atoms with Gasteiger partial charge in [0.2, 0.25) is 0 Å². The van der Waals surface area contributed by atoms with Crippen LogP contribution in [0.5, 0.6) is 0 Å². The summed E-state index contributed by atoms with van der Waals surface area (Å²) in [7, 11) is 0. The maximum absolute atomic E-state index is 12.3. The number of anilines is 2. The van der Waals surface area contributed by atoms with Crippen molar-refractivity contribution in [2.24, 2.45) is 0 Å². The fourth-order valence-electron chi connectivity index (χ4n) is 1.72. The highest BCUT2D eigenvalue weighted by atomic mass is 79.9. The molecule has 0 aliphatic carbocycles. The van der Waals surface area contributed by atoms with Crippen molar-refractivity contribution < 1.29 is 4.79 Å². The van der Waals surface area contributed by atoms with Gasteiger partial charge in [-0.15, -0.1) is 0 Å². The van der Waals surface area contributed by atoms with Gasteiger partial charge >= 0.3 is 0 Å². The molecule has 0 saturated carbocycles. The Bertz CT molecular complexity index is 630. The molecule has 0 bridgehead atoms. The van der Waals surface area contributed by atoms with E-state index >= 15 is 0 Å². The lowest BCUT2D eigenvalue weighted by Gasteiger charge is -2.10. The molecule has 0 aliphatic heterocycles. The fraction of sp³-hybridized carbons (Fsp3) is 0.214. The highest BCUT2D eigenvalue weighted by Crippen LogP contribution is 2.18. The van der Waals surface area contributed by atoms with Crippen LogP contribution in [-0.4, -0.2) is 22.4 Å². The van der Waals surface area contributed by atoms with E-state index in [2.05, 4.69) is 36.5 Å². The van der Waals surface area contributed by atoms with Crippen molar-refractivity contribution in [3.8, 4) is 0 Å². The number of rotatable bonds is 4. The topological polar surface area (TPSA) is 66.9 Å². The lowest BCUT2D eigenvalue weighted by atomic mass is 10.2. The first-order chi connectivity index (χ1) is 9.61. The number of nitrogens with one attached hydrogen (secondary N) is 2. The Morgan fingerprint density at radius 1 is 1.35 bits per heavy atom. The molecule has 0 radical (unpaired) electrons. The lowest BCUT2D eigenvalue weighted by molar-refractivity contribution is 0.102. The molecule has 0 spiro atoms. The molecule has 0 fully saturated rings. The van der Waals surface area contributed by atoms with E-state index < -0.39 is 0 Å². The summed E-state index contributed by atoms with van der Waals surface area (Å²) in [5.41, 5.74) is 2.08. The number of pyridine rings is 2. The Morgan fingerprint density at radius 3 is 2.85 bits per heavy atom. The number of hydrogen-bond donors (Lipinski definition) is 2. The standard InChI is InChI=1S/C14H15BrN4O/c1-3-17-12-8-16-7-6-10(12)14(20)19-13-5-4-11(15)9(2)18-13/h4-8,17H,3H2,1-2H3,(H,18,19,20). The van der Waals surface area contributed by atoms with Gasteiger partial charge in [0, 0.05) is 17.2 Å². The lowest BCUT2D eigenvalue weighted by Crippen LogP contribution is -2.16. The van der Waals surface area contributed by atoms with Gasteiger partial charge in [0.1, 0.15) is 5.82 Å². The second kappa shape index (κ2) is 6.47. The molecule has 104 valence electrons. The van der Waals surface area contributed by atoms with Gasteiger partial charge in [0.15, 0.2) is 0 Å². The van der Waals surface area contributed by atoms with Gasteiger partial charge < -0.3 is 10.6 Å². The van der Waals surface area contributed by atoms with Gasteiger partial charge in [-0.25, -0.2) is 4.98 Å². The largest absolute Gasteiger partial charge is 0.383 e. The first-order valence-corrected chi connectivity index (χ1v) is 7.03. The van der Waals surface area contributed by atoms with E-state index in [1.54, 1.807) is 24.5 Å². The molecule has 0 aliphatic rings. The van der Waals surface area contributed by atoms with Crippen LogP contribution in [0.1, 0.15) is 23.0 Å². The number of carbonyl (C=O) groups excluding carboxylic acids is 1. The summed E-state index contributed by atoms with van der Waals surface area (Å²) in [4.78, 5) is 20.6. The number of carbonyl (C=O) groups is 1. The number of aromatic nitrogens is 2. The summed E-state index contributed by atoms with van der Waals surface area (Å²) < 4.78 is 0.910. The molecule has 2 rings (SSSR count). The van der Waals surface area contributed by atoms with Gasteiger partial charge in [-0.2, -0.15) is 0 Å². The SMILES string of the molecule is CCNc1cnccc1C(=O)Nc1ccc(Br)c(C)n1. The van der Waals surface area contributed by atoms with E-state index in [0.717, 1.165) is 16.7 Å². The number of nitrogens with zero attached hydrogens (tertiary/aromatic N) is 2. The first-order valence-electron chi connectivity index (χ1n) is 6.24. The Labute approximate surface area is 126 Å². The molecule has 2 aromatic rings. The van der Waals surface area contributed by atoms with Gasteiger partial charge in [-0.3, -0.25) is 9.78 Å². The molecule has 0 atom stereocenters. The number of halogens is 1. The highest BCUT2D eigenvalue weighted by molar-refractivity contribution is 9.10. The number of aryl methyl sites for hydroxylation is 1. The third kappa shape index (κ3) is 3.33. The summed E-state index contributed by atoms with van der Waals surface area (Å²) in [6.45, 7) is 4.56. The summed E-state index contributed by atoms with van der Waals surface area (Å²) in [6, 6.07) is 5.29. The average molecular weight is 335 g/mol. The second-order valence-corrected chi connectivity index (χ2v) is 5.02. The Morgan fingerprint density at radius 2 is 2.15 bits per heavy atom. The number of hydrogen-bond acceptors (Lipinski definition) is 4. The van der Waals surface area contributed by atoms with E-state index in [-0.39, 0.29) is 5.91 Å². The molecule has 2 N–H and O–H groups in total. The molecule has 2 heterocycles. The zero-order valence-corrected chi connectivity index (χ0v) is 12.9. The maximum atomic E-state index is 12.3. The zero-order valence-electron chi connectivity index (χ0n) is 11.3. The molecule has 20 heavy (non-hydrogen) atoms. The normalized spacial score (nSPS) is 10.2. The average Bonchev–Trinajstić information content (AvgIpc) is 2.44. The van der Waals surface area contributed by atoms with E-state index in [0.29, 0.717) is 17.1 Å². The van der Waals surface area contributed by atoms with Crippen LogP contribution in [0.15, 0.2) is 35.1 Å². The molecule has 6 heteroatoms. The quantitative estimate of drug-likeness (QED) is 0.900. The van der Waals surface area contributed by atoms with Crippen molar-refractivity contribution in [3.63, 3.8) is 0 Å². The number of amides is 1. The van der Waals surface area contributed by atoms with Crippen LogP contribution in [0.25, 0.3) is 0 Å². The summed E-state index contributed by atoms with van der Waals surface area (Å²) >= 11 is 3.38. The van der Waals surface area contributed by atoms with Crippen LogP contribution in [0.3, 0.4) is 0 Å². The molecular formula is C14H15BrN4O. The first kappa shape index (κ1) is 14.5. The van der Waals surface area contributed by atoms with Crippen molar-refractivity contribution in [3.05, 3.63) is 46.3 Å². The van der Waals surface area contributed by atoms with Gasteiger partial charge in [0.25, 0.3) is 5.91 Å². The minimum Gasteiger partial charge on any atom is -0.383 e. The summed E-state index contributed by atoms with van der Waals surface area (Å²) in [5.74, 6) is 0.313. The predicted octanol–water partition coefficient (Wildman–Crippen LogP) is 3.23. The van der Waals surface area contributed by atoms with E-state index in [9.17, 15) is 4.79 Å². The molecular weight excluding hydrogens is 320 g/mol. The Balaban J connectivity index is 2.21. The molecule has 1 amide bonds. The van der Waals surface area contributed by atoms with Crippen LogP contribution >= 0.6 is 15.9 Å². The van der Waals surface area contributed by atoms with E-state index in [1.807, 2.05) is 19.9 Å². The minimum absolute atomic E-state index is 0.211. The summed E-state index contributed by atoms with van der Waals surface area (Å²) in [5, 5.41) is 5.90. The monoisotopic (exact) mass is 334 g/mol. The molecule has 0 unspecified atom stereocenters. The molecule has 5 nitrogen and oxygen atoms in total. The van der Waals surface area contributed by atoms with Crippen molar-refractivity contribution in [1.82, 2.24) is 9.97 Å². The Hall–Kier alpha value is -1.95. The van der Waals surface area contributed by atoms with Crippen LogP contribution in [-0.2, 0) is 0 Å².